The first-order chi connectivity index (χ1) is 9.57. The molecule has 0 aliphatic carbocycles. The van der Waals surface area contributed by atoms with Crippen molar-refractivity contribution in [3.05, 3.63) is 33.9 Å². The maximum atomic E-state index is 11.0. The van der Waals surface area contributed by atoms with Crippen molar-refractivity contribution in [1.82, 2.24) is 0 Å². The molecule has 0 fully saturated rings. The molecule has 2 N–H and O–H groups in total. The maximum Gasteiger partial charge on any atom is 0.342 e. The molecule has 1 rings (SSSR count). The Balaban J connectivity index is 2.67. The standard InChI is InChI=1S/C13H18N2O5/c1-2-3-8-20-9-7-14-11-6-4-5-10(13(16)17)12(11)15(18)19/h4-6,14H,2-3,7-9H2,1H3,(H,16,17). The van der Waals surface area contributed by atoms with Crippen LogP contribution in [0.4, 0.5) is 11.4 Å². The van der Waals surface area contributed by atoms with E-state index in [1.807, 2.05) is 0 Å². The monoisotopic (exact) mass is 282 g/mol. The topological polar surface area (TPSA) is 102 Å². The van der Waals surface area contributed by atoms with Gasteiger partial charge in [0.1, 0.15) is 11.3 Å². The predicted octanol–water partition coefficient (Wildman–Crippen LogP) is 2.52. The quantitative estimate of drug-likeness (QED) is 0.410. The summed E-state index contributed by atoms with van der Waals surface area (Å²) in [6.07, 6.45) is 2.01. The number of nitrogens with zero attached hydrogens (tertiary/aromatic N) is 1. The molecule has 0 heterocycles. The van der Waals surface area contributed by atoms with Crippen LogP contribution in [0, 0.1) is 10.1 Å². The number of benzene rings is 1. The minimum absolute atomic E-state index is 0.189. The lowest BCUT2D eigenvalue weighted by Gasteiger charge is -2.09. The molecule has 1 aromatic carbocycles. The molecule has 0 bridgehead atoms. The van der Waals surface area contributed by atoms with Crippen LogP contribution in [0.2, 0.25) is 0 Å². The van der Waals surface area contributed by atoms with Crippen molar-refractivity contribution in [2.45, 2.75) is 19.8 Å². The lowest BCUT2D eigenvalue weighted by atomic mass is 10.1. The van der Waals surface area contributed by atoms with Gasteiger partial charge in [-0.15, -0.1) is 0 Å². The number of unbranched alkanes of at least 4 members (excludes halogenated alkanes) is 1. The summed E-state index contributed by atoms with van der Waals surface area (Å²) in [6, 6.07) is 4.16. The lowest BCUT2D eigenvalue weighted by molar-refractivity contribution is -0.384. The number of aromatic carboxylic acids is 1. The van der Waals surface area contributed by atoms with E-state index in [2.05, 4.69) is 12.2 Å². The molecule has 0 aliphatic heterocycles. The van der Waals surface area contributed by atoms with E-state index in [-0.39, 0.29) is 11.3 Å². The highest BCUT2D eigenvalue weighted by Gasteiger charge is 2.23. The summed E-state index contributed by atoms with van der Waals surface area (Å²) in [5.74, 6) is -1.32. The first kappa shape index (κ1) is 15.9. The number of anilines is 1. The highest BCUT2D eigenvalue weighted by molar-refractivity contribution is 5.95. The van der Waals surface area contributed by atoms with Crippen molar-refractivity contribution in [1.29, 1.82) is 0 Å². The number of hydrogen-bond acceptors (Lipinski definition) is 5. The summed E-state index contributed by atoms with van der Waals surface area (Å²) < 4.78 is 5.33. The van der Waals surface area contributed by atoms with E-state index in [0.29, 0.717) is 19.8 Å². The molecule has 110 valence electrons. The number of carboxylic acid groups (broad SMARTS) is 1. The smallest absolute Gasteiger partial charge is 0.342 e. The number of para-hydroxylation sites is 1. The molecule has 0 spiro atoms. The zero-order chi connectivity index (χ0) is 15.0. The van der Waals surface area contributed by atoms with Gasteiger partial charge < -0.3 is 15.2 Å². The van der Waals surface area contributed by atoms with Crippen molar-refractivity contribution in [3.63, 3.8) is 0 Å². The third kappa shape index (κ3) is 4.51. The van der Waals surface area contributed by atoms with Gasteiger partial charge in [-0.3, -0.25) is 10.1 Å². The normalized spacial score (nSPS) is 10.2. The molecule has 0 radical (unpaired) electrons. The van der Waals surface area contributed by atoms with E-state index >= 15 is 0 Å². The Bertz CT molecular complexity index is 476. The van der Waals surface area contributed by atoms with E-state index in [1.54, 1.807) is 0 Å². The Morgan fingerprint density at radius 3 is 2.80 bits per heavy atom. The Labute approximate surface area is 116 Å². The third-order valence-electron chi connectivity index (χ3n) is 2.65. The van der Waals surface area contributed by atoms with E-state index in [1.165, 1.54) is 18.2 Å². The van der Waals surface area contributed by atoms with Crippen LogP contribution >= 0.6 is 0 Å². The van der Waals surface area contributed by atoms with Crippen LogP contribution < -0.4 is 5.32 Å². The molecule has 0 saturated heterocycles. The number of carboxylic acids is 1. The fourth-order valence-electron chi connectivity index (χ4n) is 1.66. The van der Waals surface area contributed by atoms with Gasteiger partial charge >= 0.3 is 11.7 Å². The summed E-state index contributed by atoms with van der Waals surface area (Å²) in [5.41, 5.74) is -0.561. The summed E-state index contributed by atoms with van der Waals surface area (Å²) >= 11 is 0. The SMILES string of the molecule is CCCCOCCNc1cccc(C(=O)O)c1[N+](=O)[O-]. The van der Waals surface area contributed by atoms with Crippen molar-refractivity contribution < 1.29 is 19.6 Å². The average Bonchev–Trinajstić information content (AvgIpc) is 2.42. The van der Waals surface area contributed by atoms with Crippen LogP contribution in [0.25, 0.3) is 0 Å². The number of nitrogens with one attached hydrogen (secondary N) is 1. The first-order valence-corrected chi connectivity index (χ1v) is 6.40. The number of ether oxygens (including phenoxy) is 1. The molecular weight excluding hydrogens is 264 g/mol. The lowest BCUT2D eigenvalue weighted by Crippen LogP contribution is -2.12. The number of rotatable bonds is 9. The zero-order valence-corrected chi connectivity index (χ0v) is 11.3. The molecule has 0 unspecified atom stereocenters. The third-order valence-corrected chi connectivity index (χ3v) is 2.65. The average molecular weight is 282 g/mol. The van der Waals surface area contributed by atoms with Crippen molar-refractivity contribution in [2.75, 3.05) is 25.1 Å². The second-order valence-electron chi connectivity index (χ2n) is 4.16. The molecular formula is C13H18N2O5. The second-order valence-corrected chi connectivity index (χ2v) is 4.16. The van der Waals surface area contributed by atoms with E-state index in [9.17, 15) is 14.9 Å². The fourth-order valence-corrected chi connectivity index (χ4v) is 1.66. The Morgan fingerprint density at radius 1 is 1.45 bits per heavy atom. The van der Waals surface area contributed by atoms with Crippen LogP contribution in [-0.2, 0) is 4.74 Å². The summed E-state index contributed by atoms with van der Waals surface area (Å²) in [6.45, 7) is 3.50. The largest absolute Gasteiger partial charge is 0.477 e. The molecule has 0 saturated carbocycles. The minimum Gasteiger partial charge on any atom is -0.477 e. The Hall–Kier alpha value is -2.15. The van der Waals surface area contributed by atoms with Crippen LogP contribution in [0.15, 0.2) is 18.2 Å². The summed E-state index contributed by atoms with van der Waals surface area (Å²) in [7, 11) is 0. The van der Waals surface area contributed by atoms with Gasteiger partial charge in [0.2, 0.25) is 0 Å². The number of carbonyl (C=O) groups is 1. The van der Waals surface area contributed by atoms with Crippen molar-refractivity contribution in [3.8, 4) is 0 Å². The van der Waals surface area contributed by atoms with Crippen LogP contribution in [0.1, 0.15) is 30.1 Å². The zero-order valence-electron chi connectivity index (χ0n) is 11.3. The van der Waals surface area contributed by atoms with Gasteiger partial charge in [-0.05, 0) is 18.6 Å². The molecule has 0 aromatic heterocycles. The predicted molar refractivity (Wildman–Crippen MR) is 74.3 cm³/mol. The minimum atomic E-state index is -1.32. The number of nitro groups is 1. The number of hydrogen-bond donors (Lipinski definition) is 2. The number of nitro benzene ring substituents is 1. The Kier molecular flexibility index (Phi) is 6.45. The summed E-state index contributed by atoms with van der Waals surface area (Å²) in [5, 5.41) is 22.8. The van der Waals surface area contributed by atoms with E-state index in [4.69, 9.17) is 9.84 Å². The van der Waals surface area contributed by atoms with Gasteiger partial charge in [-0.25, -0.2) is 4.79 Å². The van der Waals surface area contributed by atoms with Gasteiger partial charge in [-0.2, -0.15) is 0 Å². The van der Waals surface area contributed by atoms with E-state index < -0.39 is 16.6 Å². The molecule has 20 heavy (non-hydrogen) atoms. The second kappa shape index (κ2) is 8.11. The van der Waals surface area contributed by atoms with Gasteiger partial charge in [0.05, 0.1) is 11.5 Å². The van der Waals surface area contributed by atoms with Gasteiger partial charge in [0.15, 0.2) is 0 Å². The molecule has 1 aromatic rings. The molecule has 0 atom stereocenters. The molecule has 0 aliphatic rings. The first-order valence-electron chi connectivity index (χ1n) is 6.40. The van der Waals surface area contributed by atoms with E-state index in [0.717, 1.165) is 12.8 Å². The van der Waals surface area contributed by atoms with Gasteiger partial charge in [-0.1, -0.05) is 19.4 Å². The molecule has 7 nitrogen and oxygen atoms in total. The van der Waals surface area contributed by atoms with Crippen LogP contribution in [-0.4, -0.2) is 35.8 Å². The van der Waals surface area contributed by atoms with Crippen LogP contribution in [0.5, 0.6) is 0 Å². The highest BCUT2D eigenvalue weighted by atomic mass is 16.6. The van der Waals surface area contributed by atoms with Crippen molar-refractivity contribution in [2.24, 2.45) is 0 Å². The Morgan fingerprint density at radius 2 is 2.20 bits per heavy atom. The maximum absolute atomic E-state index is 11.0. The van der Waals surface area contributed by atoms with Gasteiger partial charge in [0, 0.05) is 13.2 Å². The van der Waals surface area contributed by atoms with Crippen LogP contribution in [0.3, 0.4) is 0 Å². The van der Waals surface area contributed by atoms with Crippen molar-refractivity contribution >= 4 is 17.3 Å². The van der Waals surface area contributed by atoms with Gasteiger partial charge in [0.25, 0.3) is 0 Å². The molecule has 7 heteroatoms. The fraction of sp³-hybridized carbons (Fsp3) is 0.462. The summed E-state index contributed by atoms with van der Waals surface area (Å²) in [4.78, 5) is 21.3. The highest BCUT2D eigenvalue weighted by Crippen LogP contribution is 2.28. The molecule has 0 amide bonds.